The van der Waals surface area contributed by atoms with Gasteiger partial charge in [-0.25, -0.2) is 13.5 Å². The number of hydrogen-bond acceptors (Lipinski definition) is 6. The minimum atomic E-state index is -0.807. The molecule has 1 unspecified atom stereocenters. The molecule has 1 amide bonds. The minimum Gasteiger partial charge on any atom is -0.468 e. The maximum atomic E-state index is 13.8. The molecule has 1 aliphatic rings. The molecule has 0 aliphatic carbocycles. The summed E-state index contributed by atoms with van der Waals surface area (Å²) in [5.74, 6) is -1.95. The van der Waals surface area contributed by atoms with Gasteiger partial charge in [-0.3, -0.25) is 9.48 Å². The quantitative estimate of drug-likeness (QED) is 0.585. The highest BCUT2D eigenvalue weighted by atomic mass is 19.1. The Kier molecular flexibility index (Phi) is 6.12. The summed E-state index contributed by atoms with van der Waals surface area (Å²) in [7, 11) is 0. The van der Waals surface area contributed by atoms with Crippen molar-refractivity contribution < 1.29 is 23.1 Å². The Morgan fingerprint density at radius 1 is 1.24 bits per heavy atom. The number of nitrogens with one attached hydrogen (secondary N) is 1. The van der Waals surface area contributed by atoms with Gasteiger partial charge in [-0.2, -0.15) is 10.2 Å². The molecule has 1 atom stereocenters. The maximum Gasteiger partial charge on any atom is 0.268 e. The first-order valence-corrected chi connectivity index (χ1v) is 10.5. The molecule has 0 radical (unpaired) electrons. The van der Waals surface area contributed by atoms with Gasteiger partial charge in [0.25, 0.3) is 5.91 Å². The third-order valence-electron chi connectivity index (χ3n) is 5.41. The number of hydrogen-bond donors (Lipinski definition) is 1. The zero-order chi connectivity index (χ0) is 23.7. The number of nitrogens with zero attached hydrogens (tertiary/aromatic N) is 5. The average molecular weight is 458 g/mol. The first kappa shape index (κ1) is 22.4. The Morgan fingerprint density at radius 3 is 2.73 bits per heavy atom. The molecule has 3 aromatic rings. The van der Waals surface area contributed by atoms with E-state index in [9.17, 15) is 13.6 Å². The van der Waals surface area contributed by atoms with E-state index in [1.54, 1.807) is 13.8 Å². The minimum absolute atomic E-state index is 0.0970. The van der Waals surface area contributed by atoms with Crippen molar-refractivity contribution in [3.8, 4) is 5.75 Å². The lowest BCUT2D eigenvalue weighted by molar-refractivity contribution is -0.125. The Morgan fingerprint density at radius 2 is 2.03 bits per heavy atom. The van der Waals surface area contributed by atoms with Crippen LogP contribution in [0, 0.1) is 32.4 Å². The largest absolute Gasteiger partial charge is 0.468 e. The molecule has 2 aromatic heterocycles. The van der Waals surface area contributed by atoms with Crippen LogP contribution in [0.4, 0.5) is 14.5 Å². The number of halogens is 2. The summed E-state index contributed by atoms with van der Waals surface area (Å²) in [4.78, 5) is 18.2. The van der Waals surface area contributed by atoms with Gasteiger partial charge < -0.3 is 14.9 Å². The molecular weight excluding hydrogens is 434 g/mol. The smallest absolute Gasteiger partial charge is 0.268 e. The van der Waals surface area contributed by atoms with Gasteiger partial charge in [0.1, 0.15) is 5.82 Å². The van der Waals surface area contributed by atoms with E-state index < -0.39 is 17.7 Å². The van der Waals surface area contributed by atoms with Crippen molar-refractivity contribution in [3.63, 3.8) is 0 Å². The number of ether oxygens (including phenoxy) is 1. The monoisotopic (exact) mass is 458 g/mol. The number of rotatable bonds is 7. The number of carbonyl (C=O) groups excluding carboxylic acids is 1. The number of anilines is 1. The van der Waals surface area contributed by atoms with E-state index in [4.69, 9.17) is 9.57 Å². The first-order chi connectivity index (χ1) is 15.8. The Labute approximate surface area is 189 Å². The predicted octanol–water partition coefficient (Wildman–Crippen LogP) is 3.47. The Bertz CT molecular complexity index is 1230. The summed E-state index contributed by atoms with van der Waals surface area (Å²) >= 11 is 0. The zero-order valence-electron chi connectivity index (χ0n) is 18.7. The molecule has 0 saturated heterocycles. The highest BCUT2D eigenvalue weighted by Gasteiger charge is 2.31. The highest BCUT2D eigenvalue weighted by molar-refractivity contribution is 6.06. The normalized spacial score (nSPS) is 15.3. The standard InChI is InChI=1S/C22H24F2N6O3/c1-5-29-10-16(12(2)26-29)18-9-20(33-28-18)22(31)25-21-13(3)27-30(14(21)4)11-32-19-7-6-15(23)8-17(19)24/h6-8,10,20H,5,9,11H2,1-4H3,(H,25,31). The van der Waals surface area contributed by atoms with Crippen molar-refractivity contribution in [2.24, 2.45) is 5.16 Å². The van der Waals surface area contributed by atoms with Gasteiger partial charge in [0.2, 0.25) is 6.10 Å². The summed E-state index contributed by atoms with van der Waals surface area (Å²) in [6, 6.07) is 3.06. The van der Waals surface area contributed by atoms with Crippen LogP contribution in [0.5, 0.6) is 5.75 Å². The summed E-state index contributed by atoms with van der Waals surface area (Å²) in [5, 5.41) is 15.7. The molecule has 11 heteroatoms. The lowest BCUT2D eigenvalue weighted by Gasteiger charge is -2.11. The van der Waals surface area contributed by atoms with Crippen LogP contribution in [-0.2, 0) is 22.9 Å². The Balaban J connectivity index is 1.40. The molecule has 0 spiro atoms. The molecule has 9 nitrogen and oxygen atoms in total. The lowest BCUT2D eigenvalue weighted by Crippen LogP contribution is -2.28. The van der Waals surface area contributed by atoms with Crippen molar-refractivity contribution in [1.82, 2.24) is 19.6 Å². The van der Waals surface area contributed by atoms with Gasteiger partial charge in [0.15, 0.2) is 18.3 Å². The SMILES string of the molecule is CCn1cc(C2=NOC(C(=O)Nc3c(C)nn(COc4ccc(F)cc4F)c3C)C2)c(C)n1. The van der Waals surface area contributed by atoms with Crippen molar-refractivity contribution >= 4 is 17.3 Å². The van der Waals surface area contributed by atoms with E-state index in [-0.39, 0.29) is 18.4 Å². The molecule has 1 aromatic carbocycles. The maximum absolute atomic E-state index is 13.8. The number of oxime groups is 1. The number of aryl methyl sites for hydroxylation is 3. The number of carbonyl (C=O) groups is 1. The van der Waals surface area contributed by atoms with Gasteiger partial charge in [0, 0.05) is 30.8 Å². The lowest BCUT2D eigenvalue weighted by atomic mass is 10.1. The predicted molar refractivity (Wildman–Crippen MR) is 116 cm³/mol. The molecular formula is C22H24F2N6O3. The van der Waals surface area contributed by atoms with Crippen molar-refractivity contribution in [3.05, 3.63) is 58.7 Å². The summed E-state index contributed by atoms with van der Waals surface area (Å²) in [5.41, 5.74) is 4.04. The second kappa shape index (κ2) is 9.00. The second-order valence-electron chi connectivity index (χ2n) is 7.70. The van der Waals surface area contributed by atoms with E-state index in [0.29, 0.717) is 29.2 Å². The third-order valence-corrected chi connectivity index (χ3v) is 5.41. The molecule has 0 saturated carbocycles. The van der Waals surface area contributed by atoms with Crippen LogP contribution in [0.15, 0.2) is 29.6 Å². The number of aromatic nitrogens is 4. The summed E-state index contributed by atoms with van der Waals surface area (Å²) < 4.78 is 35.6. The first-order valence-electron chi connectivity index (χ1n) is 10.5. The summed E-state index contributed by atoms with van der Waals surface area (Å²) in [6.45, 7) is 7.99. The number of benzene rings is 1. The van der Waals surface area contributed by atoms with E-state index in [1.807, 2.05) is 24.7 Å². The van der Waals surface area contributed by atoms with Crippen LogP contribution in [-0.4, -0.2) is 37.3 Å². The second-order valence-corrected chi connectivity index (χ2v) is 7.70. The Hall–Kier alpha value is -3.76. The van der Waals surface area contributed by atoms with Crippen LogP contribution in [0.3, 0.4) is 0 Å². The van der Waals surface area contributed by atoms with Crippen molar-refractivity contribution in [2.45, 2.75) is 53.5 Å². The van der Waals surface area contributed by atoms with Gasteiger partial charge in [-0.15, -0.1) is 0 Å². The van der Waals surface area contributed by atoms with Crippen LogP contribution < -0.4 is 10.1 Å². The van der Waals surface area contributed by atoms with Crippen LogP contribution in [0.1, 0.15) is 36.0 Å². The molecule has 33 heavy (non-hydrogen) atoms. The molecule has 1 aliphatic heterocycles. The van der Waals surface area contributed by atoms with E-state index in [1.165, 1.54) is 10.7 Å². The molecule has 0 bridgehead atoms. The topological polar surface area (TPSA) is 95.6 Å². The van der Waals surface area contributed by atoms with Gasteiger partial charge >= 0.3 is 0 Å². The third kappa shape index (κ3) is 4.57. The van der Waals surface area contributed by atoms with Crippen LogP contribution in [0.2, 0.25) is 0 Å². The van der Waals surface area contributed by atoms with Crippen LogP contribution in [0.25, 0.3) is 0 Å². The van der Waals surface area contributed by atoms with Crippen molar-refractivity contribution in [2.75, 3.05) is 5.32 Å². The fraction of sp³-hybridized carbons (Fsp3) is 0.364. The van der Waals surface area contributed by atoms with Crippen LogP contribution >= 0.6 is 0 Å². The fourth-order valence-electron chi connectivity index (χ4n) is 3.57. The molecule has 4 rings (SSSR count). The highest BCUT2D eigenvalue weighted by Crippen LogP contribution is 2.24. The zero-order valence-corrected chi connectivity index (χ0v) is 18.7. The molecule has 0 fully saturated rings. The fourth-order valence-corrected chi connectivity index (χ4v) is 3.57. The van der Waals surface area contributed by atoms with Gasteiger partial charge in [0.05, 0.1) is 28.5 Å². The van der Waals surface area contributed by atoms with E-state index in [0.717, 1.165) is 29.9 Å². The molecule has 3 heterocycles. The van der Waals surface area contributed by atoms with Gasteiger partial charge in [-0.05, 0) is 39.8 Å². The molecule has 174 valence electrons. The van der Waals surface area contributed by atoms with E-state index >= 15 is 0 Å². The summed E-state index contributed by atoms with van der Waals surface area (Å²) in [6.07, 6.45) is 1.43. The van der Waals surface area contributed by atoms with Crippen molar-refractivity contribution in [1.29, 1.82) is 0 Å². The average Bonchev–Trinajstić information content (AvgIpc) is 3.47. The van der Waals surface area contributed by atoms with Gasteiger partial charge in [-0.1, -0.05) is 5.16 Å². The van der Waals surface area contributed by atoms with E-state index in [2.05, 4.69) is 20.7 Å². The molecule has 1 N–H and O–H groups in total. The number of amides is 1.